The zero-order valence-corrected chi connectivity index (χ0v) is 13.2. The van der Waals surface area contributed by atoms with Crippen LogP contribution in [-0.4, -0.2) is 40.9 Å². The van der Waals surface area contributed by atoms with Crippen LogP contribution in [0.15, 0.2) is 23.1 Å². The van der Waals surface area contributed by atoms with Gasteiger partial charge in [-0.05, 0) is 31.4 Å². The van der Waals surface area contributed by atoms with Crippen molar-refractivity contribution in [2.24, 2.45) is 0 Å². The van der Waals surface area contributed by atoms with Gasteiger partial charge in [-0.25, -0.2) is 13.1 Å². The highest BCUT2D eigenvalue weighted by molar-refractivity contribution is 7.89. The van der Waals surface area contributed by atoms with Gasteiger partial charge in [0.25, 0.3) is 0 Å². The maximum atomic E-state index is 12.3. The molecule has 2 aliphatic heterocycles. The first-order valence-corrected chi connectivity index (χ1v) is 9.14. The van der Waals surface area contributed by atoms with Gasteiger partial charge in [-0.1, -0.05) is 0 Å². The van der Waals surface area contributed by atoms with Crippen molar-refractivity contribution >= 4 is 10.0 Å². The second kappa shape index (κ2) is 6.85. The number of fused-ring (bicyclic) bond motifs is 1. The van der Waals surface area contributed by atoms with E-state index in [0.717, 1.165) is 25.9 Å². The van der Waals surface area contributed by atoms with E-state index >= 15 is 0 Å². The molecule has 7 heteroatoms. The minimum Gasteiger partial charge on any atom is -0.490 e. The topological polar surface area (TPSA) is 73.9 Å². The molecule has 0 bridgehead atoms. The average Bonchev–Trinajstić information content (AvgIpc) is 2.90. The molecule has 0 aromatic heterocycles. The molecular formula is C15H21NO5S. The third kappa shape index (κ3) is 3.71. The van der Waals surface area contributed by atoms with E-state index in [1.54, 1.807) is 12.1 Å². The van der Waals surface area contributed by atoms with E-state index in [0.29, 0.717) is 37.7 Å². The lowest BCUT2D eigenvalue weighted by molar-refractivity contribution is 0.105. The fraction of sp³-hybridized carbons (Fsp3) is 0.600. The molecule has 1 saturated heterocycles. The quantitative estimate of drug-likeness (QED) is 0.891. The highest BCUT2D eigenvalue weighted by Gasteiger charge is 2.20. The lowest BCUT2D eigenvalue weighted by Crippen LogP contribution is -2.27. The first-order chi connectivity index (χ1) is 10.6. The molecule has 0 amide bonds. The van der Waals surface area contributed by atoms with Crippen molar-refractivity contribution in [1.82, 2.24) is 4.72 Å². The van der Waals surface area contributed by atoms with Crippen LogP contribution in [0, 0.1) is 0 Å². The monoisotopic (exact) mass is 327 g/mol. The fourth-order valence-corrected chi connectivity index (χ4v) is 3.68. The minimum atomic E-state index is -3.54. The molecule has 0 spiro atoms. The van der Waals surface area contributed by atoms with Crippen molar-refractivity contribution in [3.63, 3.8) is 0 Å². The average molecular weight is 327 g/mol. The summed E-state index contributed by atoms with van der Waals surface area (Å²) in [4.78, 5) is 0.198. The summed E-state index contributed by atoms with van der Waals surface area (Å²) in [6.45, 7) is 2.27. The van der Waals surface area contributed by atoms with Gasteiger partial charge in [-0.15, -0.1) is 0 Å². The Bertz CT molecular complexity index is 610. The van der Waals surface area contributed by atoms with Gasteiger partial charge in [-0.3, -0.25) is 0 Å². The summed E-state index contributed by atoms with van der Waals surface area (Å²) in [5.74, 6) is 1.08. The minimum absolute atomic E-state index is 0.173. The van der Waals surface area contributed by atoms with E-state index in [1.165, 1.54) is 6.07 Å². The molecule has 1 fully saturated rings. The van der Waals surface area contributed by atoms with Crippen LogP contribution in [0.2, 0.25) is 0 Å². The van der Waals surface area contributed by atoms with E-state index in [4.69, 9.17) is 14.2 Å². The Morgan fingerprint density at radius 1 is 1.09 bits per heavy atom. The van der Waals surface area contributed by atoms with Gasteiger partial charge in [0.1, 0.15) is 0 Å². The van der Waals surface area contributed by atoms with Crippen LogP contribution in [0.5, 0.6) is 11.5 Å². The van der Waals surface area contributed by atoms with Crippen molar-refractivity contribution in [3.8, 4) is 11.5 Å². The lowest BCUT2D eigenvalue weighted by atomic mass is 10.2. The van der Waals surface area contributed by atoms with Crippen LogP contribution >= 0.6 is 0 Å². The maximum Gasteiger partial charge on any atom is 0.240 e. The first-order valence-electron chi connectivity index (χ1n) is 7.66. The molecule has 3 rings (SSSR count). The summed E-state index contributed by atoms with van der Waals surface area (Å²) in [5, 5.41) is 0. The summed E-state index contributed by atoms with van der Waals surface area (Å²) >= 11 is 0. The van der Waals surface area contributed by atoms with Gasteiger partial charge in [0.15, 0.2) is 11.5 Å². The van der Waals surface area contributed by atoms with Crippen molar-refractivity contribution in [1.29, 1.82) is 0 Å². The van der Waals surface area contributed by atoms with E-state index < -0.39 is 10.0 Å². The summed E-state index contributed by atoms with van der Waals surface area (Å²) in [6, 6.07) is 4.71. The van der Waals surface area contributed by atoms with E-state index in [2.05, 4.69) is 4.72 Å². The van der Waals surface area contributed by atoms with Gasteiger partial charge in [0.05, 0.1) is 24.2 Å². The Hall–Kier alpha value is -1.31. The van der Waals surface area contributed by atoms with Crippen LogP contribution in [0.1, 0.15) is 25.7 Å². The van der Waals surface area contributed by atoms with Crippen LogP contribution in [-0.2, 0) is 14.8 Å². The molecule has 1 atom stereocenters. The molecule has 122 valence electrons. The number of ether oxygens (including phenoxy) is 3. The smallest absolute Gasteiger partial charge is 0.240 e. The highest BCUT2D eigenvalue weighted by Crippen LogP contribution is 2.31. The van der Waals surface area contributed by atoms with Gasteiger partial charge in [0.2, 0.25) is 10.0 Å². The second-order valence-electron chi connectivity index (χ2n) is 5.48. The molecule has 1 unspecified atom stereocenters. The van der Waals surface area contributed by atoms with Crippen LogP contribution in [0.3, 0.4) is 0 Å². The molecule has 2 aliphatic rings. The van der Waals surface area contributed by atoms with Gasteiger partial charge in [0, 0.05) is 25.6 Å². The Labute approximate surface area is 130 Å². The van der Waals surface area contributed by atoms with Crippen molar-refractivity contribution in [2.75, 3.05) is 26.4 Å². The summed E-state index contributed by atoms with van der Waals surface area (Å²) in [5.41, 5.74) is 0. The molecule has 6 nitrogen and oxygen atoms in total. The predicted molar refractivity (Wildman–Crippen MR) is 80.8 cm³/mol. The SMILES string of the molecule is O=S(=O)(NCCC1CCCO1)c1ccc2c(c1)OCCCO2. The van der Waals surface area contributed by atoms with Crippen LogP contribution < -0.4 is 14.2 Å². The number of benzene rings is 1. The van der Waals surface area contributed by atoms with E-state index in [9.17, 15) is 8.42 Å². The maximum absolute atomic E-state index is 12.3. The van der Waals surface area contributed by atoms with Crippen molar-refractivity contribution in [3.05, 3.63) is 18.2 Å². The number of nitrogens with one attached hydrogen (secondary N) is 1. The summed E-state index contributed by atoms with van der Waals surface area (Å²) in [6.07, 6.45) is 3.72. The van der Waals surface area contributed by atoms with Gasteiger partial charge >= 0.3 is 0 Å². The number of hydrogen-bond acceptors (Lipinski definition) is 5. The third-order valence-corrected chi connectivity index (χ3v) is 5.27. The van der Waals surface area contributed by atoms with Crippen molar-refractivity contribution < 1.29 is 22.6 Å². The van der Waals surface area contributed by atoms with Crippen LogP contribution in [0.25, 0.3) is 0 Å². The molecular weight excluding hydrogens is 306 g/mol. The second-order valence-corrected chi connectivity index (χ2v) is 7.25. The molecule has 0 radical (unpaired) electrons. The summed E-state index contributed by atoms with van der Waals surface area (Å²) < 4.78 is 43.8. The molecule has 0 saturated carbocycles. The Balaban J connectivity index is 1.64. The largest absolute Gasteiger partial charge is 0.490 e. The van der Waals surface area contributed by atoms with E-state index in [1.807, 2.05) is 0 Å². The Morgan fingerprint density at radius 3 is 2.68 bits per heavy atom. The highest BCUT2D eigenvalue weighted by atomic mass is 32.2. The Morgan fingerprint density at radius 2 is 1.91 bits per heavy atom. The first kappa shape index (κ1) is 15.6. The van der Waals surface area contributed by atoms with Crippen LogP contribution in [0.4, 0.5) is 0 Å². The third-order valence-electron chi connectivity index (χ3n) is 3.81. The number of hydrogen-bond donors (Lipinski definition) is 1. The molecule has 1 aromatic rings. The lowest BCUT2D eigenvalue weighted by Gasteiger charge is -2.12. The van der Waals surface area contributed by atoms with Gasteiger partial charge in [-0.2, -0.15) is 0 Å². The summed E-state index contributed by atoms with van der Waals surface area (Å²) in [7, 11) is -3.54. The Kier molecular flexibility index (Phi) is 4.85. The molecule has 22 heavy (non-hydrogen) atoms. The predicted octanol–water partition coefficient (Wildman–Crippen LogP) is 1.70. The number of rotatable bonds is 5. The fourth-order valence-electron chi connectivity index (χ4n) is 2.62. The normalized spacial score (nSPS) is 21.5. The molecule has 0 aliphatic carbocycles. The molecule has 1 aromatic carbocycles. The van der Waals surface area contributed by atoms with E-state index in [-0.39, 0.29) is 11.0 Å². The molecule has 2 heterocycles. The number of sulfonamides is 1. The van der Waals surface area contributed by atoms with Crippen molar-refractivity contribution in [2.45, 2.75) is 36.7 Å². The zero-order valence-electron chi connectivity index (χ0n) is 12.4. The van der Waals surface area contributed by atoms with Gasteiger partial charge < -0.3 is 14.2 Å². The standard InChI is InChI=1S/C15H21NO5S/c17-22(18,16-7-6-12-3-1-8-19-12)13-4-5-14-15(11-13)21-10-2-9-20-14/h4-5,11-12,16H,1-3,6-10H2. The zero-order chi connectivity index (χ0) is 15.4. The molecule has 1 N–H and O–H groups in total.